The Morgan fingerprint density at radius 1 is 0.533 bits per heavy atom. The maximum Gasteiger partial charge on any atom is 0.246 e. The van der Waals surface area contributed by atoms with Crippen LogP contribution < -0.4 is 19.8 Å². The van der Waals surface area contributed by atoms with E-state index >= 15 is 0 Å². The zero-order valence-electron chi connectivity index (χ0n) is 17.9. The van der Waals surface area contributed by atoms with Gasteiger partial charge in [0.2, 0.25) is 8.24 Å². The molecule has 1 heterocycles. The Hall–Kier alpha value is -2.96. The molecular formula is C26H28N2Si2. The van der Waals surface area contributed by atoms with Gasteiger partial charge in [0, 0.05) is 6.20 Å². The van der Waals surface area contributed by atoms with Gasteiger partial charge >= 0.3 is 0 Å². The molecule has 0 unspecified atom stereocenters. The highest BCUT2D eigenvalue weighted by atomic mass is 28.4. The van der Waals surface area contributed by atoms with Crippen molar-refractivity contribution in [2.75, 3.05) is 4.23 Å². The van der Waals surface area contributed by atoms with E-state index in [4.69, 9.17) is 4.98 Å². The van der Waals surface area contributed by atoms with Gasteiger partial charge in [-0.1, -0.05) is 117 Å². The molecule has 0 radical (unpaired) electrons. The largest absolute Gasteiger partial charge is 0.399 e. The molecule has 4 rings (SSSR count). The number of rotatable bonds is 6. The summed E-state index contributed by atoms with van der Waals surface area (Å²) >= 11 is 0. The Labute approximate surface area is 182 Å². The van der Waals surface area contributed by atoms with E-state index in [9.17, 15) is 0 Å². The molecule has 0 N–H and O–H groups in total. The normalized spacial score (nSPS) is 11.8. The van der Waals surface area contributed by atoms with Gasteiger partial charge in [0.05, 0.1) is 0 Å². The third-order valence-corrected chi connectivity index (χ3v) is 14.5. The first-order valence-electron chi connectivity index (χ1n) is 10.4. The summed E-state index contributed by atoms with van der Waals surface area (Å²) in [6, 6.07) is 39.5. The van der Waals surface area contributed by atoms with Crippen LogP contribution in [0.3, 0.4) is 0 Å². The molecule has 1 aromatic heterocycles. The Kier molecular flexibility index (Phi) is 5.70. The molecule has 2 nitrogen and oxygen atoms in total. The summed E-state index contributed by atoms with van der Waals surface area (Å²) < 4.78 is 2.74. The van der Waals surface area contributed by atoms with Crippen molar-refractivity contribution in [1.82, 2.24) is 4.98 Å². The standard InChI is InChI=1S/C26H28N2Si2/c1-29(2,3)28(26-21-13-14-22-27-26)30(23-15-7-4-8-16-23,24-17-9-5-10-18-24)25-19-11-6-12-20-25/h4-22H,1-3H3. The van der Waals surface area contributed by atoms with Crippen LogP contribution in [0.4, 0.5) is 5.82 Å². The fraction of sp³-hybridized carbons (Fsp3) is 0.115. The molecule has 0 amide bonds. The summed E-state index contributed by atoms with van der Waals surface area (Å²) in [6.45, 7) is 7.29. The summed E-state index contributed by atoms with van der Waals surface area (Å²) in [7, 11) is -4.48. The summed E-state index contributed by atoms with van der Waals surface area (Å²) in [5.41, 5.74) is 0. The molecule has 0 atom stereocenters. The minimum Gasteiger partial charge on any atom is -0.399 e. The molecule has 0 fully saturated rings. The second kappa shape index (κ2) is 8.42. The van der Waals surface area contributed by atoms with Crippen molar-refractivity contribution in [2.24, 2.45) is 0 Å². The minimum absolute atomic E-state index is 1.07. The van der Waals surface area contributed by atoms with Gasteiger partial charge in [0.15, 0.2) is 0 Å². The molecule has 0 aliphatic rings. The molecule has 0 bridgehead atoms. The average molecular weight is 425 g/mol. The van der Waals surface area contributed by atoms with E-state index in [1.807, 2.05) is 12.3 Å². The molecule has 0 aliphatic heterocycles. The lowest BCUT2D eigenvalue weighted by atomic mass is 10.3. The molecule has 150 valence electrons. The van der Waals surface area contributed by atoms with Crippen molar-refractivity contribution in [1.29, 1.82) is 0 Å². The summed E-state index contributed by atoms with van der Waals surface area (Å²) in [4.78, 5) is 4.88. The second-order valence-electron chi connectivity index (χ2n) is 8.50. The number of nitrogens with zero attached hydrogens (tertiary/aromatic N) is 2. The van der Waals surface area contributed by atoms with Crippen LogP contribution in [0, 0.1) is 0 Å². The van der Waals surface area contributed by atoms with Crippen molar-refractivity contribution in [2.45, 2.75) is 19.6 Å². The third-order valence-electron chi connectivity index (χ3n) is 5.46. The number of anilines is 1. The van der Waals surface area contributed by atoms with E-state index in [0.29, 0.717) is 0 Å². The summed E-state index contributed by atoms with van der Waals surface area (Å²) in [6.07, 6.45) is 1.92. The zero-order valence-corrected chi connectivity index (χ0v) is 19.9. The molecule has 0 saturated carbocycles. The quantitative estimate of drug-likeness (QED) is 0.337. The van der Waals surface area contributed by atoms with Gasteiger partial charge in [0.25, 0.3) is 0 Å². The fourth-order valence-electron chi connectivity index (χ4n) is 4.43. The first-order valence-corrected chi connectivity index (χ1v) is 15.8. The maximum absolute atomic E-state index is 4.88. The van der Waals surface area contributed by atoms with Gasteiger partial charge in [-0.05, 0) is 27.7 Å². The average Bonchev–Trinajstić information content (AvgIpc) is 2.79. The first kappa shape index (κ1) is 20.3. The number of pyridine rings is 1. The topological polar surface area (TPSA) is 16.1 Å². The Balaban J connectivity index is 2.17. The van der Waals surface area contributed by atoms with Gasteiger partial charge in [-0.15, -0.1) is 0 Å². The number of hydrogen-bond donors (Lipinski definition) is 0. The lowest BCUT2D eigenvalue weighted by Crippen LogP contribution is -2.82. The van der Waals surface area contributed by atoms with Crippen LogP contribution >= 0.6 is 0 Å². The third kappa shape index (κ3) is 3.64. The van der Waals surface area contributed by atoms with Gasteiger partial charge in [-0.2, -0.15) is 0 Å². The maximum atomic E-state index is 4.88. The van der Waals surface area contributed by atoms with E-state index in [1.54, 1.807) is 0 Å². The summed E-state index contributed by atoms with van der Waals surface area (Å²) in [5.74, 6) is 1.07. The van der Waals surface area contributed by atoms with Crippen LogP contribution in [-0.2, 0) is 0 Å². The monoisotopic (exact) mass is 424 g/mol. The van der Waals surface area contributed by atoms with Crippen LogP contribution in [0.5, 0.6) is 0 Å². The highest BCUT2D eigenvalue weighted by molar-refractivity contribution is 7.20. The molecule has 4 heteroatoms. The smallest absolute Gasteiger partial charge is 0.246 e. The molecule has 4 aromatic rings. The number of hydrogen-bond acceptors (Lipinski definition) is 2. The van der Waals surface area contributed by atoms with Gasteiger partial charge in [0.1, 0.15) is 14.1 Å². The van der Waals surface area contributed by atoms with Crippen molar-refractivity contribution in [3.63, 3.8) is 0 Å². The molecule has 3 aromatic carbocycles. The van der Waals surface area contributed by atoms with Crippen molar-refractivity contribution in [3.05, 3.63) is 115 Å². The van der Waals surface area contributed by atoms with Gasteiger partial charge in [-0.3, -0.25) is 0 Å². The highest BCUT2D eigenvalue weighted by Crippen LogP contribution is 2.27. The van der Waals surface area contributed by atoms with Crippen LogP contribution in [0.25, 0.3) is 0 Å². The van der Waals surface area contributed by atoms with Crippen LogP contribution in [0.15, 0.2) is 115 Å². The lowest BCUT2D eigenvalue weighted by Gasteiger charge is -2.50. The predicted molar refractivity (Wildman–Crippen MR) is 134 cm³/mol. The van der Waals surface area contributed by atoms with Gasteiger partial charge in [-0.25, -0.2) is 4.98 Å². The molecule has 30 heavy (non-hydrogen) atoms. The molecule has 0 saturated heterocycles. The number of benzene rings is 3. The Morgan fingerprint density at radius 3 is 1.27 bits per heavy atom. The van der Waals surface area contributed by atoms with E-state index < -0.39 is 16.5 Å². The van der Waals surface area contributed by atoms with E-state index in [1.165, 1.54) is 15.6 Å². The van der Waals surface area contributed by atoms with Crippen molar-refractivity contribution in [3.8, 4) is 0 Å². The van der Waals surface area contributed by atoms with Crippen molar-refractivity contribution >= 4 is 37.8 Å². The van der Waals surface area contributed by atoms with Crippen LogP contribution in [0.1, 0.15) is 0 Å². The van der Waals surface area contributed by atoms with Gasteiger partial charge < -0.3 is 4.23 Å². The molecule has 0 spiro atoms. The Bertz CT molecular complexity index is 967. The Morgan fingerprint density at radius 2 is 0.933 bits per heavy atom. The first-order chi connectivity index (χ1) is 14.5. The van der Waals surface area contributed by atoms with E-state index in [-0.39, 0.29) is 0 Å². The molecular weight excluding hydrogens is 396 g/mol. The van der Waals surface area contributed by atoms with Crippen molar-refractivity contribution < 1.29 is 0 Å². The fourth-order valence-corrected chi connectivity index (χ4v) is 14.7. The molecule has 0 aliphatic carbocycles. The van der Waals surface area contributed by atoms with E-state index in [2.05, 4.69) is 127 Å². The summed E-state index contributed by atoms with van der Waals surface area (Å²) in [5, 5.41) is 4.15. The SMILES string of the molecule is C[Si](C)(C)N(c1ccccn1)[Si](c1ccccc1)(c1ccccc1)c1ccccc1. The highest BCUT2D eigenvalue weighted by Gasteiger charge is 2.50. The predicted octanol–water partition coefficient (Wildman–Crippen LogP) is 4.39. The minimum atomic E-state index is -2.60. The number of aromatic nitrogens is 1. The van der Waals surface area contributed by atoms with E-state index in [0.717, 1.165) is 5.82 Å². The lowest BCUT2D eigenvalue weighted by molar-refractivity contribution is 1.24. The van der Waals surface area contributed by atoms with Crippen LogP contribution in [0.2, 0.25) is 19.6 Å². The second-order valence-corrected chi connectivity index (χ2v) is 17.3. The van der Waals surface area contributed by atoms with Crippen LogP contribution in [-0.4, -0.2) is 21.5 Å². The zero-order chi connectivity index (χ0) is 21.0.